The van der Waals surface area contributed by atoms with E-state index in [4.69, 9.17) is 0 Å². The lowest BCUT2D eigenvalue weighted by Crippen LogP contribution is -2.23. The van der Waals surface area contributed by atoms with E-state index in [-0.39, 0.29) is 17.7 Å². The highest BCUT2D eigenvalue weighted by molar-refractivity contribution is 5.23. The van der Waals surface area contributed by atoms with Crippen LogP contribution in [0.25, 0.3) is 0 Å². The largest absolute Gasteiger partial charge is 0.292 e. The summed E-state index contributed by atoms with van der Waals surface area (Å²) in [4.78, 5) is 2.12. The number of benzene rings is 2. The smallest absolute Gasteiger partial charge is 0.127 e. The summed E-state index contributed by atoms with van der Waals surface area (Å²) in [7, 11) is 0. The summed E-state index contributed by atoms with van der Waals surface area (Å²) < 4.78 is 40.0. The summed E-state index contributed by atoms with van der Waals surface area (Å²) >= 11 is 0. The van der Waals surface area contributed by atoms with E-state index in [1.807, 2.05) is 0 Å². The van der Waals surface area contributed by atoms with E-state index < -0.39 is 5.82 Å². The SMILES string of the molecule is Fc1ccc(C2CCCN2Cc2cc(F)ccc2F)cc1. The van der Waals surface area contributed by atoms with Crippen LogP contribution in [0, 0.1) is 17.5 Å². The van der Waals surface area contributed by atoms with E-state index in [9.17, 15) is 13.2 Å². The van der Waals surface area contributed by atoms with Crippen molar-refractivity contribution in [1.82, 2.24) is 4.90 Å². The van der Waals surface area contributed by atoms with Gasteiger partial charge in [-0.05, 0) is 55.3 Å². The second-order valence-electron chi connectivity index (χ2n) is 5.42. The van der Waals surface area contributed by atoms with Crippen LogP contribution in [-0.2, 0) is 6.54 Å². The Bertz CT molecular complexity index is 624. The van der Waals surface area contributed by atoms with E-state index in [2.05, 4.69) is 4.90 Å². The Morgan fingerprint density at radius 3 is 2.43 bits per heavy atom. The third-order valence-electron chi connectivity index (χ3n) is 4.00. The van der Waals surface area contributed by atoms with Crippen molar-refractivity contribution in [2.45, 2.75) is 25.4 Å². The van der Waals surface area contributed by atoms with Crippen molar-refractivity contribution in [1.29, 1.82) is 0 Å². The number of hydrogen-bond donors (Lipinski definition) is 0. The van der Waals surface area contributed by atoms with Crippen LogP contribution in [0.5, 0.6) is 0 Å². The maximum Gasteiger partial charge on any atom is 0.127 e. The lowest BCUT2D eigenvalue weighted by molar-refractivity contribution is 0.244. The minimum absolute atomic E-state index is 0.133. The molecule has 0 aromatic heterocycles. The molecule has 21 heavy (non-hydrogen) atoms. The fraction of sp³-hybridized carbons (Fsp3) is 0.294. The molecule has 0 N–H and O–H groups in total. The summed E-state index contributed by atoms with van der Waals surface area (Å²) in [5, 5.41) is 0. The van der Waals surface area contributed by atoms with Gasteiger partial charge >= 0.3 is 0 Å². The molecule has 2 aromatic carbocycles. The van der Waals surface area contributed by atoms with Crippen LogP contribution in [0.1, 0.15) is 30.0 Å². The van der Waals surface area contributed by atoms with Gasteiger partial charge in [0.25, 0.3) is 0 Å². The number of rotatable bonds is 3. The van der Waals surface area contributed by atoms with Crippen LogP contribution < -0.4 is 0 Å². The molecule has 4 heteroatoms. The van der Waals surface area contributed by atoms with Crippen molar-refractivity contribution in [2.75, 3.05) is 6.54 Å². The Morgan fingerprint density at radius 2 is 1.67 bits per heavy atom. The zero-order chi connectivity index (χ0) is 14.8. The van der Waals surface area contributed by atoms with Gasteiger partial charge in [-0.1, -0.05) is 12.1 Å². The van der Waals surface area contributed by atoms with Crippen LogP contribution in [0.15, 0.2) is 42.5 Å². The van der Waals surface area contributed by atoms with Crippen LogP contribution >= 0.6 is 0 Å². The summed E-state index contributed by atoms with van der Waals surface area (Å²) in [5.74, 6) is -1.08. The Labute approximate surface area is 122 Å². The predicted octanol–water partition coefficient (Wildman–Crippen LogP) is 4.44. The average Bonchev–Trinajstić information content (AvgIpc) is 2.92. The fourth-order valence-electron chi connectivity index (χ4n) is 2.96. The van der Waals surface area contributed by atoms with Gasteiger partial charge in [0.2, 0.25) is 0 Å². The Kier molecular flexibility index (Phi) is 3.97. The topological polar surface area (TPSA) is 3.24 Å². The Hall–Kier alpha value is -1.81. The second-order valence-corrected chi connectivity index (χ2v) is 5.42. The molecule has 0 aliphatic carbocycles. The van der Waals surface area contributed by atoms with Crippen LogP contribution in [0.3, 0.4) is 0 Å². The number of halogens is 3. The molecular weight excluding hydrogens is 275 g/mol. The lowest BCUT2D eigenvalue weighted by Gasteiger charge is -2.25. The van der Waals surface area contributed by atoms with Gasteiger partial charge in [0.1, 0.15) is 17.5 Å². The van der Waals surface area contributed by atoms with Gasteiger partial charge in [0.15, 0.2) is 0 Å². The van der Waals surface area contributed by atoms with Crippen molar-refractivity contribution in [3.05, 3.63) is 71.0 Å². The van der Waals surface area contributed by atoms with Gasteiger partial charge in [-0.25, -0.2) is 13.2 Å². The highest BCUT2D eigenvalue weighted by atomic mass is 19.1. The molecule has 2 aromatic rings. The molecular formula is C17H16F3N. The molecule has 0 amide bonds. The zero-order valence-corrected chi connectivity index (χ0v) is 11.5. The van der Waals surface area contributed by atoms with Crippen LogP contribution in [0.2, 0.25) is 0 Å². The van der Waals surface area contributed by atoms with Gasteiger partial charge in [0.05, 0.1) is 0 Å². The van der Waals surface area contributed by atoms with Crippen molar-refractivity contribution < 1.29 is 13.2 Å². The van der Waals surface area contributed by atoms with Gasteiger partial charge in [0, 0.05) is 18.2 Å². The van der Waals surface area contributed by atoms with Gasteiger partial charge in [-0.15, -0.1) is 0 Å². The summed E-state index contributed by atoms with van der Waals surface area (Å²) in [6.45, 7) is 1.20. The first-order valence-corrected chi connectivity index (χ1v) is 7.07. The minimum atomic E-state index is -0.427. The first kappa shape index (κ1) is 14.1. The lowest BCUT2D eigenvalue weighted by atomic mass is 10.0. The molecule has 1 nitrogen and oxygen atoms in total. The molecule has 0 spiro atoms. The second kappa shape index (κ2) is 5.90. The molecule has 1 saturated heterocycles. The third-order valence-corrected chi connectivity index (χ3v) is 4.00. The molecule has 1 unspecified atom stereocenters. The zero-order valence-electron chi connectivity index (χ0n) is 11.5. The molecule has 1 aliphatic rings. The minimum Gasteiger partial charge on any atom is -0.292 e. The Morgan fingerprint density at radius 1 is 0.952 bits per heavy atom. The van der Waals surface area contributed by atoms with E-state index in [0.717, 1.165) is 37.1 Å². The number of hydrogen-bond acceptors (Lipinski definition) is 1. The van der Waals surface area contributed by atoms with Gasteiger partial charge in [-0.2, -0.15) is 0 Å². The highest BCUT2D eigenvalue weighted by Gasteiger charge is 2.26. The monoisotopic (exact) mass is 291 g/mol. The summed E-state index contributed by atoms with van der Waals surface area (Å²) in [5.41, 5.74) is 1.38. The average molecular weight is 291 g/mol. The summed E-state index contributed by atoms with van der Waals surface area (Å²) in [6.07, 6.45) is 1.95. The molecule has 110 valence electrons. The first-order valence-electron chi connectivity index (χ1n) is 7.07. The number of likely N-dealkylation sites (tertiary alicyclic amines) is 1. The van der Waals surface area contributed by atoms with Crippen molar-refractivity contribution >= 4 is 0 Å². The maximum atomic E-state index is 13.8. The molecule has 0 radical (unpaired) electrons. The van der Waals surface area contributed by atoms with Crippen molar-refractivity contribution in [2.24, 2.45) is 0 Å². The van der Waals surface area contributed by atoms with E-state index in [1.165, 1.54) is 18.2 Å². The quantitative estimate of drug-likeness (QED) is 0.808. The Balaban J connectivity index is 1.81. The normalized spacial score (nSPS) is 19.1. The maximum absolute atomic E-state index is 13.8. The van der Waals surface area contributed by atoms with Crippen LogP contribution in [-0.4, -0.2) is 11.4 Å². The standard InChI is InChI=1S/C17H16F3N/c18-14-5-3-12(4-6-14)17-2-1-9-21(17)11-13-10-15(19)7-8-16(13)20/h3-8,10,17H,1-2,9,11H2. The molecule has 1 aliphatic heterocycles. The number of nitrogens with zero attached hydrogens (tertiary/aromatic N) is 1. The molecule has 0 saturated carbocycles. The molecule has 1 heterocycles. The third kappa shape index (κ3) is 3.10. The van der Waals surface area contributed by atoms with Gasteiger partial charge < -0.3 is 0 Å². The molecule has 0 bridgehead atoms. The first-order chi connectivity index (χ1) is 10.1. The highest BCUT2D eigenvalue weighted by Crippen LogP contribution is 2.33. The summed E-state index contributed by atoms with van der Waals surface area (Å²) in [6, 6.07) is 10.1. The predicted molar refractivity (Wildman–Crippen MR) is 75.1 cm³/mol. The van der Waals surface area contributed by atoms with Gasteiger partial charge in [-0.3, -0.25) is 4.90 Å². The fourth-order valence-corrected chi connectivity index (χ4v) is 2.96. The van der Waals surface area contributed by atoms with Crippen LogP contribution in [0.4, 0.5) is 13.2 Å². The van der Waals surface area contributed by atoms with E-state index in [0.29, 0.717) is 12.1 Å². The van der Waals surface area contributed by atoms with Crippen molar-refractivity contribution in [3.8, 4) is 0 Å². The molecule has 1 atom stereocenters. The van der Waals surface area contributed by atoms with E-state index in [1.54, 1.807) is 12.1 Å². The van der Waals surface area contributed by atoms with E-state index >= 15 is 0 Å². The molecule has 1 fully saturated rings. The van der Waals surface area contributed by atoms with Crippen molar-refractivity contribution in [3.63, 3.8) is 0 Å². The molecule has 3 rings (SSSR count).